The number of thiophene rings is 1. The molecule has 10 nitrogen and oxygen atoms in total. The molecule has 682 valence electrons. The molecule has 145 heavy (non-hydrogen) atoms. The van der Waals surface area contributed by atoms with Gasteiger partial charge in [0.1, 0.15) is 22.3 Å². The van der Waals surface area contributed by atoms with Crippen molar-refractivity contribution in [3.63, 3.8) is 0 Å². The number of para-hydroxylation sites is 9. The summed E-state index contributed by atoms with van der Waals surface area (Å²) in [6.07, 6.45) is 0. The summed E-state index contributed by atoms with van der Waals surface area (Å²) in [5.41, 5.74) is 27.4. The number of rotatable bonds is 7. The molecule has 0 amide bonds. The van der Waals surface area contributed by atoms with Gasteiger partial charge in [0.2, 0.25) is 5.95 Å². The van der Waals surface area contributed by atoms with Gasteiger partial charge in [0.25, 0.3) is 0 Å². The lowest BCUT2D eigenvalue weighted by atomic mass is 10.0. The fourth-order valence-corrected chi connectivity index (χ4v) is 25.6. The lowest BCUT2D eigenvalue weighted by Gasteiger charge is -2.12. The van der Waals surface area contributed by atoms with E-state index in [-0.39, 0.29) is 0 Å². The molecule has 0 atom stereocenters. The van der Waals surface area contributed by atoms with E-state index in [0.717, 1.165) is 167 Å². The number of halogens is 4. The predicted molar refractivity (Wildman–Crippen MR) is 620 cm³/mol. The van der Waals surface area contributed by atoms with Crippen LogP contribution in [0.1, 0.15) is 0 Å². The second kappa shape index (κ2) is 34.0. The molecule has 0 aliphatic heterocycles. The molecule has 15 heteroatoms. The minimum Gasteiger partial charge on any atom is -0.455 e. The number of benzene rings is 22. The molecule has 0 unspecified atom stereocenters. The van der Waals surface area contributed by atoms with E-state index in [1.165, 1.54) is 129 Å². The first-order valence-electron chi connectivity index (χ1n) is 48.1. The second-order valence-corrected chi connectivity index (χ2v) is 41.4. The molecule has 0 fully saturated rings. The summed E-state index contributed by atoms with van der Waals surface area (Å²) >= 11 is 17.0. The molecule has 0 saturated heterocycles. The van der Waals surface area contributed by atoms with Crippen LogP contribution in [0.5, 0.6) is 0 Å². The Bertz CT molecular complexity index is 11000. The summed E-state index contributed by atoms with van der Waals surface area (Å²) in [7, 11) is 0. The summed E-state index contributed by atoms with van der Waals surface area (Å²) in [5, 5.41) is 27.1. The largest absolute Gasteiger partial charge is 0.455 e. The molecule has 0 N–H and O–H groups in total. The average molecular weight is 2140 g/mol. The van der Waals surface area contributed by atoms with Crippen LogP contribution in [0.4, 0.5) is 0 Å². The number of hydrogen-bond donors (Lipinski definition) is 0. The van der Waals surface area contributed by atoms with Crippen LogP contribution in [-0.4, -0.2) is 28.2 Å². The maximum atomic E-state index is 6.41. The second-order valence-electron chi connectivity index (χ2n) is 36.9. The Labute approximate surface area is 864 Å². The van der Waals surface area contributed by atoms with Crippen LogP contribution >= 0.6 is 75.1 Å². The van der Waals surface area contributed by atoms with Crippen molar-refractivity contribution < 1.29 is 17.7 Å². The molecule has 0 spiro atoms. The van der Waals surface area contributed by atoms with E-state index in [1.54, 1.807) is 0 Å². The SMILES string of the molecule is Brc1cc2c3ccccc3n(-c3ccc(-c4ccc5ccccc5c4)cc3)c2c2c1oc1ccccc12.Brc1cc2c3ccccc3n(-c3ccc(-c4ccccc4)cc3)c2c2c1oc1ccccc12.Brc1cc2c3ccccc3n(-c3ccc4ccccc4c3)c2c2c1oc1ccccc12.Brc1cc2c3ccccc3n(-c3nc(-c4ccc5c(c4)sc4ccccc45)c4ccccc4n3)c2c2c1oc1ccccc12. The van der Waals surface area contributed by atoms with Crippen molar-refractivity contribution >= 4 is 303 Å². The summed E-state index contributed by atoms with van der Waals surface area (Å²) in [4.78, 5) is 10.6. The van der Waals surface area contributed by atoms with Crippen molar-refractivity contribution in [1.82, 2.24) is 28.2 Å². The zero-order chi connectivity index (χ0) is 95.9. The molecule has 10 aromatic heterocycles. The lowest BCUT2D eigenvalue weighted by molar-refractivity contribution is 0.666. The quantitative estimate of drug-likeness (QED) is 0.158. The van der Waals surface area contributed by atoms with Gasteiger partial charge in [0, 0.05) is 113 Å². The summed E-state index contributed by atoms with van der Waals surface area (Å²) in [5.74, 6) is 0.634. The Kier molecular flexibility index (Phi) is 19.9. The third-order valence-corrected chi connectivity index (χ3v) is 32.3. The monoisotopic (exact) mass is 2130 g/mol. The van der Waals surface area contributed by atoms with Crippen molar-refractivity contribution in [2.75, 3.05) is 0 Å². The zero-order valence-electron chi connectivity index (χ0n) is 77.0. The summed E-state index contributed by atoms with van der Waals surface area (Å²) in [6, 6.07) is 158. The molecule has 0 aliphatic rings. The van der Waals surface area contributed by atoms with Gasteiger partial charge in [-0.15, -0.1) is 11.3 Å². The van der Waals surface area contributed by atoms with Crippen molar-refractivity contribution in [3.05, 3.63) is 467 Å². The van der Waals surface area contributed by atoms with E-state index in [0.29, 0.717) is 5.95 Å². The van der Waals surface area contributed by atoms with Crippen LogP contribution in [0.2, 0.25) is 0 Å². The standard InChI is InChI=1S/C38H20BrN3OS.C34H20BrNO.C30H18BrNO.C28H16BrNO/c39-28-20-27-22-9-2-6-14-30(22)42(36(27)34-26-12-3-7-15-31(26)43-37(28)34)38-40-29-13-5-1-11-25(29)35(41-38)21-17-18-24-23-10-4-8-16-32(23)44-33(24)19-21;35-29-20-28-26-9-3-5-11-30(26)36(33(28)32-27-10-4-6-12-31(27)37-34(29)32)25-17-15-22(16-18-25)24-14-13-21-7-1-2-8-23(21)19-24;31-25-18-24-22-10-4-6-12-26(22)32(21-16-14-20(15-17-21)19-8-2-1-3-9-19)29(24)28-23-11-5-7-13-27(23)33-30(25)28;29-23-16-22-20-9-3-5-11-24(20)30(19-14-13-17-7-1-2-8-18(17)15-19)27(22)26-21-10-4-6-12-25(21)31-28(23)26/h1-20H;1-20H;1-18H;1-16H. The Balaban J connectivity index is 0.0000000926. The molecular weight excluding hydrogens is 2060 g/mol. The van der Waals surface area contributed by atoms with Crippen LogP contribution < -0.4 is 0 Å². The van der Waals surface area contributed by atoms with E-state index in [9.17, 15) is 0 Å². The topological polar surface area (TPSA) is 98.1 Å². The van der Waals surface area contributed by atoms with Gasteiger partial charge in [0.05, 0.1) is 94.8 Å². The Morgan fingerprint density at radius 1 is 0.200 bits per heavy atom. The molecule has 22 aromatic carbocycles. The number of nitrogens with zero attached hydrogens (tertiary/aromatic N) is 6. The Hall–Kier alpha value is -16.8. The molecule has 0 saturated carbocycles. The van der Waals surface area contributed by atoms with Gasteiger partial charge < -0.3 is 31.4 Å². The first-order chi connectivity index (χ1) is 71.6. The molecular formula is C130H74Br4N6O4S. The van der Waals surface area contributed by atoms with Gasteiger partial charge in [-0.05, 0) is 241 Å². The molecule has 32 rings (SSSR count). The minimum absolute atomic E-state index is 0.634. The summed E-state index contributed by atoms with van der Waals surface area (Å²) < 4.78 is 41.1. The number of fused-ring (bicyclic) bond motifs is 34. The third-order valence-electron chi connectivity index (χ3n) is 28.8. The number of furan rings is 4. The first-order valence-corrected chi connectivity index (χ1v) is 52.1. The third kappa shape index (κ3) is 13.7. The van der Waals surface area contributed by atoms with Gasteiger partial charge in [-0.2, -0.15) is 0 Å². The van der Waals surface area contributed by atoms with E-state index in [4.69, 9.17) is 27.6 Å². The van der Waals surface area contributed by atoms with Gasteiger partial charge >= 0.3 is 0 Å². The Morgan fingerprint density at radius 3 is 0.979 bits per heavy atom. The van der Waals surface area contributed by atoms with Crippen LogP contribution in [0.3, 0.4) is 0 Å². The van der Waals surface area contributed by atoms with Crippen LogP contribution in [0.25, 0.3) is 284 Å². The maximum Gasteiger partial charge on any atom is 0.235 e. The van der Waals surface area contributed by atoms with Gasteiger partial charge in [-0.1, -0.05) is 315 Å². The van der Waals surface area contributed by atoms with Crippen molar-refractivity contribution in [2.45, 2.75) is 0 Å². The highest BCUT2D eigenvalue weighted by Crippen LogP contribution is 2.52. The molecule has 10 heterocycles. The molecule has 0 radical (unpaired) electrons. The highest BCUT2D eigenvalue weighted by molar-refractivity contribution is 9.11. The fraction of sp³-hybridized carbons (Fsp3) is 0. The minimum atomic E-state index is 0.634. The molecule has 0 bridgehead atoms. The lowest BCUT2D eigenvalue weighted by Crippen LogP contribution is -2.03. The predicted octanol–water partition coefficient (Wildman–Crippen LogP) is 39.4. The molecule has 32 aromatic rings. The first kappa shape index (κ1) is 85.1. The van der Waals surface area contributed by atoms with Crippen molar-refractivity contribution in [3.8, 4) is 56.5 Å². The van der Waals surface area contributed by atoms with Gasteiger partial charge in [-0.3, -0.25) is 4.57 Å². The summed E-state index contributed by atoms with van der Waals surface area (Å²) in [6.45, 7) is 0. The zero-order valence-corrected chi connectivity index (χ0v) is 84.1. The average Bonchev–Trinajstić information content (AvgIpc) is 1.57. The Morgan fingerprint density at radius 2 is 0.517 bits per heavy atom. The van der Waals surface area contributed by atoms with Crippen molar-refractivity contribution in [1.29, 1.82) is 0 Å². The smallest absolute Gasteiger partial charge is 0.235 e. The van der Waals surface area contributed by atoms with Gasteiger partial charge in [-0.25, -0.2) is 9.97 Å². The van der Waals surface area contributed by atoms with Crippen LogP contribution in [0, 0.1) is 0 Å². The van der Waals surface area contributed by atoms with Gasteiger partial charge in [0.15, 0.2) is 22.3 Å². The highest BCUT2D eigenvalue weighted by Gasteiger charge is 2.29. The van der Waals surface area contributed by atoms with Crippen LogP contribution in [0.15, 0.2) is 484 Å². The van der Waals surface area contributed by atoms with Crippen LogP contribution in [-0.2, 0) is 0 Å². The number of aromatic nitrogens is 6. The van der Waals surface area contributed by atoms with E-state index >= 15 is 0 Å². The van der Waals surface area contributed by atoms with E-state index < -0.39 is 0 Å². The van der Waals surface area contributed by atoms with E-state index in [2.05, 4.69) is 476 Å². The molecule has 0 aliphatic carbocycles. The maximum absolute atomic E-state index is 6.41. The fourth-order valence-electron chi connectivity index (χ4n) is 22.4. The number of hydrogen-bond acceptors (Lipinski definition) is 7. The highest BCUT2D eigenvalue weighted by atomic mass is 79.9. The normalized spacial score (nSPS) is 12.0. The van der Waals surface area contributed by atoms with E-state index in [1.807, 2.05) is 65.9 Å². The van der Waals surface area contributed by atoms with Crippen molar-refractivity contribution in [2.24, 2.45) is 0 Å².